The third-order valence-electron chi connectivity index (χ3n) is 3.50. The third kappa shape index (κ3) is 5.21. The lowest BCUT2D eigenvalue weighted by molar-refractivity contribution is 0.340. The van der Waals surface area contributed by atoms with Gasteiger partial charge in [-0.15, -0.1) is 12.4 Å². The number of rotatable bonds is 5. The van der Waals surface area contributed by atoms with Gasteiger partial charge >= 0.3 is 0 Å². The highest BCUT2D eigenvalue weighted by Crippen LogP contribution is 2.25. The van der Waals surface area contributed by atoms with Gasteiger partial charge < -0.3 is 10.1 Å². The fourth-order valence-electron chi connectivity index (χ4n) is 2.50. The van der Waals surface area contributed by atoms with E-state index in [4.69, 9.17) is 16.3 Å². The molecule has 1 N–H and O–H groups in total. The Kier molecular flexibility index (Phi) is 7.59. The van der Waals surface area contributed by atoms with Crippen LogP contribution in [0.4, 0.5) is 0 Å². The largest absolute Gasteiger partial charge is 0.492 e. The normalized spacial score (nSPS) is 15.9. The van der Waals surface area contributed by atoms with Gasteiger partial charge in [0, 0.05) is 12.6 Å². The molecule has 1 fully saturated rings. The maximum atomic E-state index is 6.18. The van der Waals surface area contributed by atoms with Crippen LogP contribution in [0.3, 0.4) is 0 Å². The zero-order valence-corrected chi connectivity index (χ0v) is 13.0. The molecule has 0 aromatic heterocycles. The highest BCUT2D eigenvalue weighted by Gasteiger charge is 2.12. The minimum atomic E-state index is 0. The fraction of sp³-hybridized carbons (Fsp3) is 0.600. The fourth-order valence-corrected chi connectivity index (χ4v) is 2.75. The summed E-state index contributed by atoms with van der Waals surface area (Å²) in [6.45, 7) is 3.52. The zero-order chi connectivity index (χ0) is 12.8. The van der Waals surface area contributed by atoms with E-state index in [9.17, 15) is 0 Å². The molecule has 0 radical (unpaired) electrons. The third-order valence-corrected chi connectivity index (χ3v) is 3.79. The number of nitrogens with one attached hydrogen (secondary N) is 1. The second kappa shape index (κ2) is 8.68. The average Bonchev–Trinajstić information content (AvgIpc) is 2.41. The number of hydrogen-bond acceptors (Lipinski definition) is 2. The molecule has 1 aliphatic carbocycles. The maximum Gasteiger partial charge on any atom is 0.137 e. The molecule has 108 valence electrons. The number of halogens is 2. The van der Waals surface area contributed by atoms with E-state index in [2.05, 4.69) is 11.4 Å². The lowest BCUT2D eigenvalue weighted by Crippen LogP contribution is -2.30. The second-order valence-electron chi connectivity index (χ2n) is 4.91. The van der Waals surface area contributed by atoms with E-state index in [0.717, 1.165) is 12.3 Å². The van der Waals surface area contributed by atoms with Gasteiger partial charge in [0.15, 0.2) is 0 Å². The SMILES string of the molecule is CCOc1ccc(CNC2CCCCC2)cc1Cl.Cl. The van der Waals surface area contributed by atoms with Crippen molar-refractivity contribution in [3.05, 3.63) is 28.8 Å². The van der Waals surface area contributed by atoms with Crippen LogP contribution in [0.2, 0.25) is 5.02 Å². The van der Waals surface area contributed by atoms with Gasteiger partial charge in [0.25, 0.3) is 0 Å². The summed E-state index contributed by atoms with van der Waals surface area (Å²) in [6, 6.07) is 6.74. The maximum absolute atomic E-state index is 6.18. The van der Waals surface area contributed by atoms with Crippen molar-refractivity contribution in [2.45, 2.75) is 51.6 Å². The highest BCUT2D eigenvalue weighted by molar-refractivity contribution is 6.32. The molecule has 1 aromatic rings. The van der Waals surface area contributed by atoms with Crippen molar-refractivity contribution in [1.82, 2.24) is 5.32 Å². The first-order valence-electron chi connectivity index (χ1n) is 6.94. The van der Waals surface area contributed by atoms with Crippen molar-refractivity contribution in [3.8, 4) is 5.75 Å². The van der Waals surface area contributed by atoms with Crippen molar-refractivity contribution in [2.24, 2.45) is 0 Å². The zero-order valence-electron chi connectivity index (χ0n) is 11.5. The Labute approximate surface area is 127 Å². The molecule has 0 atom stereocenters. The first kappa shape index (κ1) is 16.6. The van der Waals surface area contributed by atoms with Gasteiger partial charge in [-0.2, -0.15) is 0 Å². The average molecular weight is 304 g/mol. The van der Waals surface area contributed by atoms with Crippen LogP contribution in [-0.4, -0.2) is 12.6 Å². The van der Waals surface area contributed by atoms with Gasteiger partial charge in [-0.1, -0.05) is 36.9 Å². The van der Waals surface area contributed by atoms with Crippen LogP contribution in [0.1, 0.15) is 44.6 Å². The van der Waals surface area contributed by atoms with Gasteiger partial charge in [0.1, 0.15) is 5.75 Å². The summed E-state index contributed by atoms with van der Waals surface area (Å²) in [4.78, 5) is 0. The van der Waals surface area contributed by atoms with Crippen molar-refractivity contribution >= 4 is 24.0 Å². The number of hydrogen-bond donors (Lipinski definition) is 1. The summed E-state index contributed by atoms with van der Waals surface area (Å²) in [7, 11) is 0. The molecule has 0 heterocycles. The molecule has 4 heteroatoms. The van der Waals surface area contributed by atoms with Crippen LogP contribution < -0.4 is 10.1 Å². The Morgan fingerprint density at radius 1 is 1.26 bits per heavy atom. The van der Waals surface area contributed by atoms with Crippen LogP contribution >= 0.6 is 24.0 Å². The molecule has 0 amide bonds. The van der Waals surface area contributed by atoms with Crippen LogP contribution in [0.5, 0.6) is 5.75 Å². The van der Waals surface area contributed by atoms with Gasteiger partial charge in [0.05, 0.1) is 11.6 Å². The molecule has 1 aliphatic rings. The summed E-state index contributed by atoms with van der Waals surface area (Å²) >= 11 is 6.18. The summed E-state index contributed by atoms with van der Waals surface area (Å²) in [6.07, 6.45) is 6.74. The summed E-state index contributed by atoms with van der Waals surface area (Å²) in [5.41, 5.74) is 1.23. The molecular formula is C15H23Cl2NO. The molecule has 0 spiro atoms. The first-order valence-corrected chi connectivity index (χ1v) is 7.32. The molecule has 2 nitrogen and oxygen atoms in total. The Hall–Kier alpha value is -0.440. The molecule has 1 aromatic carbocycles. The van der Waals surface area contributed by atoms with Crippen molar-refractivity contribution in [1.29, 1.82) is 0 Å². The predicted molar refractivity (Wildman–Crippen MR) is 83.6 cm³/mol. The van der Waals surface area contributed by atoms with E-state index in [0.29, 0.717) is 17.7 Å². The van der Waals surface area contributed by atoms with Gasteiger partial charge in [-0.3, -0.25) is 0 Å². The lowest BCUT2D eigenvalue weighted by atomic mass is 9.95. The summed E-state index contributed by atoms with van der Waals surface area (Å²) in [5.74, 6) is 0.778. The standard InChI is InChI=1S/C15H22ClNO.ClH/c1-2-18-15-9-8-12(10-14(15)16)11-17-13-6-4-3-5-7-13;/h8-10,13,17H,2-7,11H2,1H3;1H. The molecule has 2 rings (SSSR count). The van der Waals surface area contributed by atoms with Crippen molar-refractivity contribution < 1.29 is 4.74 Å². The first-order chi connectivity index (χ1) is 8.79. The van der Waals surface area contributed by atoms with Gasteiger partial charge in [-0.25, -0.2) is 0 Å². The van der Waals surface area contributed by atoms with E-state index >= 15 is 0 Å². The smallest absolute Gasteiger partial charge is 0.137 e. The molecule has 0 bridgehead atoms. The molecule has 0 unspecified atom stereocenters. The van der Waals surface area contributed by atoms with E-state index in [1.165, 1.54) is 37.7 Å². The number of benzene rings is 1. The van der Waals surface area contributed by atoms with E-state index in [-0.39, 0.29) is 12.4 Å². The topological polar surface area (TPSA) is 21.3 Å². The van der Waals surface area contributed by atoms with Gasteiger partial charge in [-0.05, 0) is 37.5 Å². The predicted octanol–water partition coefficient (Wildman–Crippen LogP) is 4.58. The van der Waals surface area contributed by atoms with Crippen LogP contribution in [0.25, 0.3) is 0 Å². The Morgan fingerprint density at radius 3 is 2.63 bits per heavy atom. The van der Waals surface area contributed by atoms with Crippen LogP contribution in [-0.2, 0) is 6.54 Å². The Bertz CT molecular complexity index is 378. The molecule has 0 saturated heterocycles. The number of ether oxygens (including phenoxy) is 1. The van der Waals surface area contributed by atoms with Crippen LogP contribution in [0.15, 0.2) is 18.2 Å². The Balaban J connectivity index is 0.00000180. The summed E-state index contributed by atoms with van der Waals surface area (Å²) < 4.78 is 5.43. The van der Waals surface area contributed by atoms with Gasteiger partial charge in [0.2, 0.25) is 0 Å². The highest BCUT2D eigenvalue weighted by atomic mass is 35.5. The molecule has 19 heavy (non-hydrogen) atoms. The quantitative estimate of drug-likeness (QED) is 0.859. The minimum absolute atomic E-state index is 0. The molecule has 0 aliphatic heterocycles. The van der Waals surface area contributed by atoms with E-state index in [1.807, 2.05) is 19.1 Å². The Morgan fingerprint density at radius 2 is 2.00 bits per heavy atom. The molecule has 1 saturated carbocycles. The minimum Gasteiger partial charge on any atom is -0.492 e. The van der Waals surface area contributed by atoms with Crippen LogP contribution in [0, 0.1) is 0 Å². The summed E-state index contributed by atoms with van der Waals surface area (Å²) in [5, 5.41) is 4.33. The monoisotopic (exact) mass is 303 g/mol. The van der Waals surface area contributed by atoms with Crippen molar-refractivity contribution in [2.75, 3.05) is 6.61 Å². The lowest BCUT2D eigenvalue weighted by Gasteiger charge is -2.23. The van der Waals surface area contributed by atoms with Crippen molar-refractivity contribution in [3.63, 3.8) is 0 Å². The second-order valence-corrected chi connectivity index (χ2v) is 5.32. The van der Waals surface area contributed by atoms with E-state index < -0.39 is 0 Å². The molecular weight excluding hydrogens is 281 g/mol. The van der Waals surface area contributed by atoms with E-state index in [1.54, 1.807) is 0 Å².